The van der Waals surface area contributed by atoms with Crippen LogP contribution in [0.1, 0.15) is 30.6 Å². The van der Waals surface area contributed by atoms with Gasteiger partial charge in [-0.3, -0.25) is 0 Å². The van der Waals surface area contributed by atoms with E-state index in [1.807, 2.05) is 6.07 Å². The Kier molecular flexibility index (Phi) is 4.74. The summed E-state index contributed by atoms with van der Waals surface area (Å²) in [5.41, 5.74) is 0.492. The normalized spacial score (nSPS) is 19.3. The van der Waals surface area contributed by atoms with Crippen molar-refractivity contribution in [2.24, 2.45) is 0 Å². The van der Waals surface area contributed by atoms with Gasteiger partial charge in [0, 0.05) is 19.3 Å². The Hall–Kier alpha value is -1.62. The minimum absolute atomic E-state index is 0.264. The maximum Gasteiger partial charge on any atom is 0.339 e. The SMILES string of the molecule is CCOC(=O)c1ccc(N2CCOC(CC)C2)nc1. The van der Waals surface area contributed by atoms with Gasteiger partial charge in [0.15, 0.2) is 0 Å². The van der Waals surface area contributed by atoms with Crippen LogP contribution in [0.15, 0.2) is 18.3 Å². The van der Waals surface area contributed by atoms with E-state index < -0.39 is 0 Å². The summed E-state index contributed by atoms with van der Waals surface area (Å²) in [5.74, 6) is 0.560. The van der Waals surface area contributed by atoms with Crippen LogP contribution < -0.4 is 4.90 Å². The van der Waals surface area contributed by atoms with E-state index in [0.29, 0.717) is 12.2 Å². The van der Waals surface area contributed by atoms with Crippen LogP contribution in [0.2, 0.25) is 0 Å². The van der Waals surface area contributed by atoms with E-state index in [4.69, 9.17) is 9.47 Å². The Balaban J connectivity index is 2.03. The molecule has 1 unspecified atom stereocenters. The van der Waals surface area contributed by atoms with E-state index in [0.717, 1.165) is 31.9 Å². The van der Waals surface area contributed by atoms with E-state index in [1.54, 1.807) is 19.2 Å². The quantitative estimate of drug-likeness (QED) is 0.777. The molecule has 1 atom stereocenters. The summed E-state index contributed by atoms with van der Waals surface area (Å²) >= 11 is 0. The maximum atomic E-state index is 11.5. The molecule has 1 fully saturated rings. The smallest absolute Gasteiger partial charge is 0.339 e. The van der Waals surface area contributed by atoms with E-state index >= 15 is 0 Å². The van der Waals surface area contributed by atoms with Crippen molar-refractivity contribution in [1.82, 2.24) is 4.98 Å². The average Bonchev–Trinajstić information content (AvgIpc) is 2.48. The lowest BCUT2D eigenvalue weighted by Gasteiger charge is -2.33. The molecule has 1 aromatic rings. The second-order valence-corrected chi connectivity index (χ2v) is 4.47. The van der Waals surface area contributed by atoms with Crippen molar-refractivity contribution in [3.63, 3.8) is 0 Å². The van der Waals surface area contributed by atoms with Crippen molar-refractivity contribution in [3.05, 3.63) is 23.9 Å². The van der Waals surface area contributed by atoms with Crippen LogP contribution in [0, 0.1) is 0 Å². The summed E-state index contributed by atoms with van der Waals surface area (Å²) in [7, 11) is 0. The molecular weight excluding hydrogens is 244 g/mol. The van der Waals surface area contributed by atoms with Crippen LogP contribution in [0.4, 0.5) is 5.82 Å². The number of morpholine rings is 1. The van der Waals surface area contributed by atoms with Crippen molar-refractivity contribution in [2.75, 3.05) is 31.2 Å². The fourth-order valence-electron chi connectivity index (χ4n) is 2.08. The van der Waals surface area contributed by atoms with Crippen molar-refractivity contribution >= 4 is 11.8 Å². The second kappa shape index (κ2) is 6.52. The monoisotopic (exact) mass is 264 g/mol. The Labute approximate surface area is 113 Å². The number of hydrogen-bond acceptors (Lipinski definition) is 5. The Morgan fingerprint density at radius 3 is 3.00 bits per heavy atom. The van der Waals surface area contributed by atoms with Crippen molar-refractivity contribution in [2.45, 2.75) is 26.4 Å². The molecule has 19 heavy (non-hydrogen) atoms. The number of aromatic nitrogens is 1. The van der Waals surface area contributed by atoms with Gasteiger partial charge in [0.05, 0.1) is 24.9 Å². The molecule has 0 radical (unpaired) electrons. The number of rotatable bonds is 4. The van der Waals surface area contributed by atoms with E-state index in [9.17, 15) is 4.79 Å². The van der Waals surface area contributed by atoms with Gasteiger partial charge in [-0.1, -0.05) is 6.92 Å². The van der Waals surface area contributed by atoms with Crippen molar-refractivity contribution < 1.29 is 14.3 Å². The minimum atomic E-state index is -0.324. The number of carbonyl (C=O) groups is 1. The largest absolute Gasteiger partial charge is 0.462 e. The number of ether oxygens (including phenoxy) is 2. The third kappa shape index (κ3) is 3.44. The first kappa shape index (κ1) is 13.8. The lowest BCUT2D eigenvalue weighted by molar-refractivity contribution is 0.0381. The first-order valence-electron chi connectivity index (χ1n) is 6.74. The zero-order chi connectivity index (χ0) is 13.7. The van der Waals surface area contributed by atoms with Crippen LogP contribution in [0.5, 0.6) is 0 Å². The average molecular weight is 264 g/mol. The molecule has 0 saturated carbocycles. The molecule has 2 heterocycles. The van der Waals surface area contributed by atoms with Gasteiger partial charge in [-0.15, -0.1) is 0 Å². The fourth-order valence-corrected chi connectivity index (χ4v) is 2.08. The van der Waals surface area contributed by atoms with E-state index in [2.05, 4.69) is 16.8 Å². The topological polar surface area (TPSA) is 51.7 Å². The van der Waals surface area contributed by atoms with Gasteiger partial charge in [0.1, 0.15) is 5.82 Å². The third-order valence-electron chi connectivity index (χ3n) is 3.18. The molecule has 1 aliphatic heterocycles. The highest BCUT2D eigenvalue weighted by molar-refractivity contribution is 5.89. The molecule has 5 heteroatoms. The molecule has 0 bridgehead atoms. The predicted octanol–water partition coefficient (Wildman–Crippen LogP) is 1.87. The van der Waals surface area contributed by atoms with Crippen LogP contribution >= 0.6 is 0 Å². The number of pyridine rings is 1. The Morgan fingerprint density at radius 2 is 2.37 bits per heavy atom. The van der Waals surface area contributed by atoms with E-state index in [-0.39, 0.29) is 12.1 Å². The summed E-state index contributed by atoms with van der Waals surface area (Å²) in [6, 6.07) is 3.63. The fraction of sp³-hybridized carbons (Fsp3) is 0.571. The first-order chi connectivity index (χ1) is 9.24. The highest BCUT2D eigenvalue weighted by Crippen LogP contribution is 2.17. The Bertz CT molecular complexity index is 419. The van der Waals surface area contributed by atoms with Crippen LogP contribution in [0.3, 0.4) is 0 Å². The standard InChI is InChI=1S/C14H20N2O3/c1-3-12-10-16(7-8-19-12)13-6-5-11(9-15-13)14(17)18-4-2/h5-6,9,12H,3-4,7-8,10H2,1-2H3. The van der Waals surface area contributed by atoms with Gasteiger partial charge in [-0.05, 0) is 25.5 Å². The first-order valence-corrected chi connectivity index (χ1v) is 6.74. The lowest BCUT2D eigenvalue weighted by Crippen LogP contribution is -2.42. The number of nitrogens with zero attached hydrogens (tertiary/aromatic N) is 2. The predicted molar refractivity (Wildman–Crippen MR) is 72.4 cm³/mol. The Morgan fingerprint density at radius 1 is 1.53 bits per heavy atom. The van der Waals surface area contributed by atoms with Crippen LogP contribution in [-0.4, -0.2) is 43.4 Å². The number of esters is 1. The molecule has 0 spiro atoms. The lowest BCUT2D eigenvalue weighted by atomic mass is 10.2. The molecule has 0 N–H and O–H groups in total. The van der Waals surface area contributed by atoms with Gasteiger partial charge in [-0.25, -0.2) is 9.78 Å². The van der Waals surface area contributed by atoms with Gasteiger partial charge in [-0.2, -0.15) is 0 Å². The molecule has 1 aliphatic rings. The zero-order valence-corrected chi connectivity index (χ0v) is 11.5. The zero-order valence-electron chi connectivity index (χ0n) is 11.5. The second-order valence-electron chi connectivity index (χ2n) is 4.47. The molecule has 104 valence electrons. The van der Waals surface area contributed by atoms with Crippen molar-refractivity contribution in [1.29, 1.82) is 0 Å². The summed E-state index contributed by atoms with van der Waals surface area (Å²) in [4.78, 5) is 18.1. The van der Waals surface area contributed by atoms with Gasteiger partial charge < -0.3 is 14.4 Å². The molecule has 2 rings (SSSR count). The van der Waals surface area contributed by atoms with Crippen LogP contribution in [-0.2, 0) is 9.47 Å². The van der Waals surface area contributed by atoms with Gasteiger partial charge in [0.25, 0.3) is 0 Å². The molecule has 0 aromatic carbocycles. The van der Waals surface area contributed by atoms with Crippen molar-refractivity contribution in [3.8, 4) is 0 Å². The number of carbonyl (C=O) groups excluding carboxylic acids is 1. The van der Waals surface area contributed by atoms with Gasteiger partial charge in [0.2, 0.25) is 0 Å². The summed E-state index contributed by atoms with van der Waals surface area (Å²) in [6.45, 7) is 6.69. The molecular formula is C14H20N2O3. The minimum Gasteiger partial charge on any atom is -0.462 e. The molecule has 5 nitrogen and oxygen atoms in total. The molecule has 0 amide bonds. The maximum absolute atomic E-state index is 11.5. The van der Waals surface area contributed by atoms with E-state index in [1.165, 1.54) is 0 Å². The number of hydrogen-bond donors (Lipinski definition) is 0. The highest BCUT2D eigenvalue weighted by Gasteiger charge is 2.20. The third-order valence-corrected chi connectivity index (χ3v) is 3.18. The molecule has 1 aromatic heterocycles. The highest BCUT2D eigenvalue weighted by atomic mass is 16.5. The molecule has 0 aliphatic carbocycles. The summed E-state index contributed by atoms with van der Waals surface area (Å²) in [5, 5.41) is 0. The van der Waals surface area contributed by atoms with Gasteiger partial charge >= 0.3 is 5.97 Å². The number of anilines is 1. The van der Waals surface area contributed by atoms with Crippen LogP contribution in [0.25, 0.3) is 0 Å². The summed E-state index contributed by atoms with van der Waals surface area (Å²) < 4.78 is 10.6. The summed E-state index contributed by atoms with van der Waals surface area (Å²) in [6.07, 6.45) is 2.83. The molecule has 1 saturated heterocycles.